The van der Waals surface area contributed by atoms with Crippen LogP contribution in [-0.2, 0) is 27.1 Å². The van der Waals surface area contributed by atoms with Crippen molar-refractivity contribution in [3.05, 3.63) is 122 Å². The van der Waals surface area contributed by atoms with E-state index < -0.39 is 8.07 Å². The molecule has 0 unspecified atom stereocenters. The van der Waals surface area contributed by atoms with E-state index in [4.69, 9.17) is 9.97 Å². The summed E-state index contributed by atoms with van der Waals surface area (Å²) < 4.78 is 5.54. The third kappa shape index (κ3) is 6.24. The van der Waals surface area contributed by atoms with Crippen molar-refractivity contribution in [2.45, 2.75) is 203 Å². The molecule has 6 aromatic heterocycles. The molecule has 11 aromatic rings. The van der Waals surface area contributed by atoms with Crippen LogP contribution in [0.1, 0.15) is 178 Å². The predicted octanol–water partition coefficient (Wildman–Crippen LogP) is 19.3. The van der Waals surface area contributed by atoms with Gasteiger partial charge in [-0.2, -0.15) is 0 Å². The quantitative estimate of drug-likeness (QED) is 0.156. The fourth-order valence-electron chi connectivity index (χ4n) is 17.0. The fourth-order valence-corrected chi connectivity index (χ4v) is 20.7. The molecule has 0 amide bonds. The summed E-state index contributed by atoms with van der Waals surface area (Å²) in [5, 5.41) is 12.7. The molecule has 2 aliphatic rings. The van der Waals surface area contributed by atoms with Crippen LogP contribution in [0.5, 0.6) is 0 Å². The Morgan fingerprint density at radius 2 is 0.842 bits per heavy atom. The van der Waals surface area contributed by atoms with Crippen LogP contribution in [0.4, 0.5) is 0 Å². The topological polar surface area (TPSA) is 34.6 Å². The second kappa shape index (κ2) is 15.5. The summed E-state index contributed by atoms with van der Waals surface area (Å²) in [6.07, 6.45) is 7.94. The van der Waals surface area contributed by atoms with Gasteiger partial charge in [0.1, 0.15) is 0 Å². The zero-order chi connectivity index (χ0) is 54.2. The average molecular weight is 1020 g/mol. The summed E-state index contributed by atoms with van der Waals surface area (Å²) in [4.78, 5) is 11.3. The van der Waals surface area contributed by atoms with Gasteiger partial charge in [-0.3, -0.25) is 9.97 Å². The van der Waals surface area contributed by atoms with E-state index in [2.05, 4.69) is 208 Å². The van der Waals surface area contributed by atoms with Crippen LogP contribution >= 0.6 is 0 Å². The lowest BCUT2D eigenvalue weighted by molar-refractivity contribution is 0.326. The fraction of sp³-hybridized carbons (Fsp3) is 0.437. The first-order valence-corrected chi connectivity index (χ1v) is 31.7. The first-order valence-electron chi connectivity index (χ1n) is 29.1. The van der Waals surface area contributed by atoms with Gasteiger partial charge >= 0.3 is 0 Å². The molecule has 0 aliphatic heterocycles. The molecule has 0 bridgehead atoms. The number of hydrogen-bond acceptors (Lipinski definition) is 2. The third-order valence-electron chi connectivity index (χ3n) is 20.5. The Morgan fingerprint density at radius 3 is 1.28 bits per heavy atom. The normalized spacial score (nSPS) is 17.4. The van der Waals surface area contributed by atoms with E-state index in [9.17, 15) is 0 Å². The average Bonchev–Trinajstić information content (AvgIpc) is 4.03. The highest BCUT2D eigenvalue weighted by molar-refractivity contribution is 6.92. The van der Waals surface area contributed by atoms with Crippen molar-refractivity contribution in [2.24, 2.45) is 0 Å². The van der Waals surface area contributed by atoms with Crippen molar-refractivity contribution in [3.63, 3.8) is 0 Å². The largest absolute Gasteiger partial charge is 0.306 e. The lowest BCUT2D eigenvalue weighted by Gasteiger charge is -2.41. The van der Waals surface area contributed by atoms with E-state index in [1.807, 2.05) is 0 Å². The van der Waals surface area contributed by atoms with Crippen molar-refractivity contribution in [3.8, 4) is 22.3 Å². The van der Waals surface area contributed by atoms with Crippen molar-refractivity contribution < 1.29 is 0 Å². The van der Waals surface area contributed by atoms with Gasteiger partial charge in [0.25, 0.3) is 0 Å². The molecule has 6 heterocycles. The molecule has 4 nitrogen and oxygen atoms in total. The summed E-state index contributed by atoms with van der Waals surface area (Å²) >= 11 is 0. The number of benzene rings is 5. The van der Waals surface area contributed by atoms with Gasteiger partial charge in [0.15, 0.2) is 0 Å². The summed E-state index contributed by atoms with van der Waals surface area (Å²) in [6, 6.07) is 24.2. The van der Waals surface area contributed by atoms with Gasteiger partial charge in [-0.05, 0) is 139 Å². The smallest absolute Gasteiger partial charge is 0.0859 e. The zero-order valence-corrected chi connectivity index (χ0v) is 50.8. The van der Waals surface area contributed by atoms with Crippen LogP contribution < -0.4 is 5.19 Å². The molecule has 0 spiro atoms. The van der Waals surface area contributed by atoms with E-state index >= 15 is 0 Å². The highest BCUT2D eigenvalue weighted by Crippen LogP contribution is 2.59. The summed E-state index contributed by atoms with van der Waals surface area (Å²) in [7, 11) is -1.97. The molecule has 2 aliphatic carbocycles. The molecule has 0 radical (unpaired) electrons. The van der Waals surface area contributed by atoms with Gasteiger partial charge in [0, 0.05) is 65.0 Å². The van der Waals surface area contributed by atoms with Crippen LogP contribution in [0.25, 0.3) is 98.4 Å². The van der Waals surface area contributed by atoms with E-state index in [-0.39, 0.29) is 27.1 Å². The highest BCUT2D eigenvalue weighted by atomic mass is 28.3. The first kappa shape index (κ1) is 49.8. The van der Waals surface area contributed by atoms with E-state index in [1.54, 1.807) is 5.19 Å². The molecular weight excluding hydrogens is 937 g/mol. The van der Waals surface area contributed by atoms with Crippen molar-refractivity contribution >= 4 is 89.5 Å². The highest BCUT2D eigenvalue weighted by Gasteiger charge is 2.47. The number of aromatic nitrogens is 4. The summed E-state index contributed by atoms with van der Waals surface area (Å²) in [5.41, 5.74) is 27.7. The zero-order valence-electron chi connectivity index (χ0n) is 49.8. The molecule has 0 saturated heterocycles. The number of pyridine rings is 2. The van der Waals surface area contributed by atoms with Gasteiger partial charge < -0.3 is 8.80 Å². The third-order valence-corrected chi connectivity index (χ3v) is 26.1. The van der Waals surface area contributed by atoms with E-state index in [0.29, 0.717) is 0 Å². The molecule has 0 fully saturated rings. The van der Waals surface area contributed by atoms with Crippen LogP contribution in [0.3, 0.4) is 0 Å². The maximum atomic E-state index is 5.69. The molecule has 13 rings (SSSR count). The molecule has 5 aromatic carbocycles. The van der Waals surface area contributed by atoms with Crippen LogP contribution in [-0.4, -0.2) is 26.8 Å². The van der Waals surface area contributed by atoms with Crippen molar-refractivity contribution in [1.82, 2.24) is 18.8 Å². The predicted molar refractivity (Wildman–Crippen MR) is 332 cm³/mol. The molecule has 0 atom stereocenters. The molecule has 5 heteroatoms. The van der Waals surface area contributed by atoms with Gasteiger partial charge in [-0.25, -0.2) is 0 Å². The number of rotatable bonds is 6. The Labute approximate surface area is 453 Å². The van der Waals surface area contributed by atoms with Gasteiger partial charge in [0.05, 0.1) is 65.0 Å². The monoisotopic (exact) mass is 1020 g/mol. The SMILES string of the molecule is CC[Si](CC)(CC)c1cc2c3c4c(ncc3n3c5c(-c6c(C)cc(C)cc6C)c6c7cc(C(C)(C)C)cc8c9c%10c(ncc9n(c6c(-c6c(C)cc(C)cc6C)c5c(c1)c23)c87)C(C)(C)CCC%10(C)C)C(C)(C)CC4(C)C. The number of hydrogen-bond donors (Lipinski definition) is 0. The molecule has 76 heavy (non-hydrogen) atoms. The molecule has 0 saturated carbocycles. The van der Waals surface area contributed by atoms with Crippen molar-refractivity contribution in [2.75, 3.05) is 0 Å². The molecular formula is C71H82N4Si. The Bertz CT molecular complexity index is 4310. The summed E-state index contributed by atoms with van der Waals surface area (Å²) in [5.74, 6) is 0. The number of nitrogens with zero attached hydrogens (tertiary/aromatic N) is 4. The Hall–Kier alpha value is -5.78. The maximum Gasteiger partial charge on any atom is 0.0859 e. The minimum absolute atomic E-state index is 0.0314. The minimum Gasteiger partial charge on any atom is -0.306 e. The van der Waals surface area contributed by atoms with Crippen LogP contribution in [0.15, 0.2) is 60.9 Å². The van der Waals surface area contributed by atoms with Crippen LogP contribution in [0.2, 0.25) is 18.1 Å². The van der Waals surface area contributed by atoms with Gasteiger partial charge in [-0.1, -0.05) is 168 Å². The Kier molecular flexibility index (Phi) is 10.1. The standard InChI is InChI=1S/C71H82N4Si/c1-21-76(22-2,23-3)44-32-47-54-50(35-73-66-60(54)70(17,18)36-71(66,19)20)75-62(47)48(33-44)56-58(52-41(8)28-38(5)29-42(52)9)63-55(57(64(56)75)51-39(6)26-37(4)27-40(51)7)46-31-43(67(10,11)12)30-45-53-49(74(63)61(45)46)34-72-65-59(53)68(13,14)24-25-69(65,15)16/h26-35H,21-25,36H2,1-20H3. The lowest BCUT2D eigenvalue weighted by Crippen LogP contribution is -2.45. The van der Waals surface area contributed by atoms with Gasteiger partial charge in [-0.15, -0.1) is 0 Å². The molecule has 0 N–H and O–H groups in total. The number of aryl methyl sites for hydroxylation is 6. The van der Waals surface area contributed by atoms with Crippen LogP contribution in [0, 0.1) is 41.5 Å². The van der Waals surface area contributed by atoms with Gasteiger partial charge in [0.2, 0.25) is 0 Å². The second-order valence-corrected chi connectivity index (χ2v) is 33.8. The summed E-state index contributed by atoms with van der Waals surface area (Å²) in [6.45, 7) is 48.5. The second-order valence-electron chi connectivity index (χ2n) is 28.5. The van der Waals surface area contributed by atoms with E-state index in [0.717, 1.165) is 19.3 Å². The molecule has 390 valence electrons. The maximum absolute atomic E-state index is 5.69. The minimum atomic E-state index is -1.97. The van der Waals surface area contributed by atoms with Crippen molar-refractivity contribution in [1.29, 1.82) is 0 Å². The first-order chi connectivity index (χ1) is 35.6. The Morgan fingerprint density at radius 1 is 0.461 bits per heavy atom. The van der Waals surface area contributed by atoms with E-state index in [1.165, 1.54) is 178 Å². The Balaban J connectivity index is 1.44. The number of fused-ring (bicyclic) bond motifs is 16. The lowest BCUT2D eigenvalue weighted by atomic mass is 9.64.